The molecule has 0 bridgehead atoms. The maximum Gasteiger partial charge on any atom is 0.373 e. The number of carbonyl (C=O) groups excluding carboxylic acids is 3. The summed E-state index contributed by atoms with van der Waals surface area (Å²) in [6.45, 7) is 2.57. The van der Waals surface area contributed by atoms with Crippen LogP contribution >= 0.6 is 23.4 Å². The fourth-order valence-electron chi connectivity index (χ4n) is 4.21. The normalized spacial score (nSPS) is 14.9. The molecule has 182 valence electrons. The lowest BCUT2D eigenvalue weighted by molar-refractivity contribution is -0.123. The first-order chi connectivity index (χ1) is 17.4. The second-order valence-electron chi connectivity index (χ2n) is 8.25. The number of para-hydroxylation sites is 1. The molecule has 0 unspecified atom stereocenters. The van der Waals surface area contributed by atoms with Crippen molar-refractivity contribution in [2.75, 3.05) is 7.11 Å². The number of hydrogen-bond donors (Lipinski definition) is 0. The van der Waals surface area contributed by atoms with Crippen LogP contribution in [0.1, 0.15) is 33.1 Å². The number of aromatic nitrogens is 1. The molecule has 7 nitrogen and oxygen atoms in total. The second kappa shape index (κ2) is 9.72. The Hall–Kier alpha value is -3.75. The van der Waals surface area contributed by atoms with Gasteiger partial charge in [-0.3, -0.25) is 14.5 Å². The van der Waals surface area contributed by atoms with E-state index in [0.29, 0.717) is 22.2 Å². The van der Waals surface area contributed by atoms with Crippen molar-refractivity contribution >= 4 is 57.5 Å². The number of furan rings is 1. The van der Waals surface area contributed by atoms with Crippen molar-refractivity contribution in [2.45, 2.75) is 20.0 Å². The number of halogens is 1. The maximum absolute atomic E-state index is 13.2. The zero-order chi connectivity index (χ0) is 25.4. The highest BCUT2D eigenvalue weighted by Gasteiger charge is 2.36. The topological polar surface area (TPSA) is 81.8 Å². The zero-order valence-corrected chi connectivity index (χ0v) is 21.1. The minimum atomic E-state index is -0.624. The van der Waals surface area contributed by atoms with Crippen LogP contribution < -0.4 is 0 Å². The van der Waals surface area contributed by atoms with Gasteiger partial charge < -0.3 is 13.7 Å². The number of esters is 1. The van der Waals surface area contributed by atoms with Gasteiger partial charge in [0, 0.05) is 33.7 Å². The Kier molecular flexibility index (Phi) is 6.47. The van der Waals surface area contributed by atoms with Crippen molar-refractivity contribution < 1.29 is 23.5 Å². The van der Waals surface area contributed by atoms with E-state index in [1.165, 1.54) is 13.2 Å². The van der Waals surface area contributed by atoms with E-state index in [2.05, 4.69) is 9.30 Å². The highest BCUT2D eigenvalue weighted by atomic mass is 35.5. The van der Waals surface area contributed by atoms with E-state index < -0.39 is 17.1 Å². The van der Waals surface area contributed by atoms with E-state index in [1.807, 2.05) is 55.5 Å². The van der Waals surface area contributed by atoms with Crippen LogP contribution in [0.15, 0.2) is 70.0 Å². The molecule has 36 heavy (non-hydrogen) atoms. The molecule has 1 saturated heterocycles. The largest absolute Gasteiger partial charge is 0.463 e. The molecule has 0 spiro atoms. The molecule has 3 heterocycles. The summed E-state index contributed by atoms with van der Waals surface area (Å²) in [6, 6.07) is 18.7. The minimum absolute atomic E-state index is 0.0131. The van der Waals surface area contributed by atoms with Crippen LogP contribution in [0.4, 0.5) is 4.79 Å². The van der Waals surface area contributed by atoms with Crippen molar-refractivity contribution in [1.82, 2.24) is 9.47 Å². The van der Waals surface area contributed by atoms with Crippen LogP contribution in [0.5, 0.6) is 0 Å². The quantitative estimate of drug-likeness (QED) is 0.220. The smallest absolute Gasteiger partial charge is 0.373 e. The molecule has 0 saturated carbocycles. The summed E-state index contributed by atoms with van der Waals surface area (Å²) in [5, 5.41) is 1.27. The number of benzene rings is 2. The molecule has 4 aromatic rings. The highest BCUT2D eigenvalue weighted by Crippen LogP contribution is 2.36. The fourth-order valence-corrected chi connectivity index (χ4v) is 5.16. The predicted octanol–water partition coefficient (Wildman–Crippen LogP) is 6.27. The zero-order valence-electron chi connectivity index (χ0n) is 19.5. The number of carbonyl (C=O) groups is 3. The summed E-state index contributed by atoms with van der Waals surface area (Å²) in [7, 11) is 1.25. The van der Waals surface area contributed by atoms with E-state index in [0.717, 1.165) is 44.4 Å². The molecule has 2 aromatic carbocycles. The average molecular weight is 521 g/mol. The molecule has 9 heteroatoms. The molecule has 5 rings (SSSR count). The van der Waals surface area contributed by atoms with E-state index in [9.17, 15) is 14.4 Å². The Morgan fingerprint density at radius 1 is 1.06 bits per heavy atom. The first-order valence-corrected chi connectivity index (χ1v) is 12.3. The molecule has 0 aliphatic carbocycles. The van der Waals surface area contributed by atoms with Gasteiger partial charge in [-0.25, -0.2) is 4.79 Å². The van der Waals surface area contributed by atoms with Crippen LogP contribution in [0.2, 0.25) is 5.02 Å². The molecule has 1 aliphatic heterocycles. The van der Waals surface area contributed by atoms with Gasteiger partial charge in [0.2, 0.25) is 5.76 Å². The van der Waals surface area contributed by atoms with E-state index >= 15 is 0 Å². The van der Waals surface area contributed by atoms with Gasteiger partial charge in [-0.1, -0.05) is 41.9 Å². The third-order valence-corrected chi connectivity index (χ3v) is 7.20. The SMILES string of the molecule is COC(=O)c1ccc(CN2C(=O)S/C(=C/c3c(C)n(Cc4ccc(Cl)cc4)c4ccccc34)C2=O)o1. The van der Waals surface area contributed by atoms with Gasteiger partial charge in [-0.2, -0.15) is 0 Å². The van der Waals surface area contributed by atoms with Crippen molar-refractivity contribution in [3.63, 3.8) is 0 Å². The van der Waals surface area contributed by atoms with Crippen LogP contribution in [0, 0.1) is 6.92 Å². The Bertz CT molecular complexity index is 1530. The Balaban J connectivity index is 1.46. The summed E-state index contributed by atoms with van der Waals surface area (Å²) in [4.78, 5) is 38.9. The number of imide groups is 1. The van der Waals surface area contributed by atoms with Crippen molar-refractivity contribution in [1.29, 1.82) is 0 Å². The summed E-state index contributed by atoms with van der Waals surface area (Å²) < 4.78 is 12.3. The lowest BCUT2D eigenvalue weighted by atomic mass is 10.1. The number of rotatable bonds is 6. The molecule has 0 atom stereocenters. The van der Waals surface area contributed by atoms with Crippen LogP contribution in [0.3, 0.4) is 0 Å². The van der Waals surface area contributed by atoms with Crippen molar-refractivity contribution in [3.05, 3.63) is 98.9 Å². The number of nitrogens with zero attached hydrogens (tertiary/aromatic N) is 2. The van der Waals surface area contributed by atoms with E-state index in [-0.39, 0.29) is 12.3 Å². The molecule has 1 aliphatic rings. The number of hydrogen-bond acceptors (Lipinski definition) is 6. The molecule has 0 N–H and O–H groups in total. The van der Waals surface area contributed by atoms with Gasteiger partial charge in [-0.15, -0.1) is 0 Å². The average Bonchev–Trinajstić information content (AvgIpc) is 3.53. The first kappa shape index (κ1) is 24.0. The number of methoxy groups -OCH3 is 1. The third kappa shape index (κ3) is 4.45. The molecular formula is C27H21ClN2O5S. The van der Waals surface area contributed by atoms with E-state index in [1.54, 1.807) is 12.1 Å². The number of ether oxygens (including phenoxy) is 1. The molecular weight excluding hydrogens is 500 g/mol. The minimum Gasteiger partial charge on any atom is -0.463 e. The summed E-state index contributed by atoms with van der Waals surface area (Å²) >= 11 is 6.93. The number of thioether (sulfide) groups is 1. The van der Waals surface area contributed by atoms with Crippen LogP contribution in [-0.4, -0.2) is 33.7 Å². The van der Waals surface area contributed by atoms with Gasteiger partial charge in [-0.05, 0) is 60.7 Å². The van der Waals surface area contributed by atoms with Crippen LogP contribution in [-0.2, 0) is 22.6 Å². The molecule has 1 fully saturated rings. The van der Waals surface area contributed by atoms with Gasteiger partial charge in [0.15, 0.2) is 0 Å². The summed E-state index contributed by atoms with van der Waals surface area (Å²) in [5.74, 6) is -0.704. The number of amides is 2. The Labute approximate surface area is 216 Å². The van der Waals surface area contributed by atoms with Gasteiger partial charge in [0.25, 0.3) is 11.1 Å². The summed E-state index contributed by atoms with van der Waals surface area (Å²) in [6.07, 6.45) is 1.78. The third-order valence-electron chi connectivity index (χ3n) is 6.04. The second-order valence-corrected chi connectivity index (χ2v) is 9.68. The maximum atomic E-state index is 13.2. The van der Waals surface area contributed by atoms with Gasteiger partial charge in [0.1, 0.15) is 5.76 Å². The Morgan fingerprint density at radius 3 is 2.56 bits per heavy atom. The van der Waals surface area contributed by atoms with Crippen molar-refractivity contribution in [2.24, 2.45) is 0 Å². The standard InChI is InChI=1S/C27H21ClN2O5S/c1-16-21(20-5-3-4-6-22(20)29(16)14-17-7-9-18(28)10-8-17)13-24-25(31)30(27(33)36-24)15-19-11-12-23(35-19)26(32)34-2/h3-13H,14-15H2,1-2H3/b24-13+. The fraction of sp³-hybridized carbons (Fsp3) is 0.148. The van der Waals surface area contributed by atoms with Gasteiger partial charge >= 0.3 is 5.97 Å². The first-order valence-electron chi connectivity index (χ1n) is 11.1. The van der Waals surface area contributed by atoms with E-state index in [4.69, 9.17) is 16.0 Å². The highest BCUT2D eigenvalue weighted by molar-refractivity contribution is 8.18. The lowest BCUT2D eigenvalue weighted by Gasteiger charge is -2.10. The molecule has 2 aromatic heterocycles. The summed E-state index contributed by atoms with van der Waals surface area (Å²) in [5.41, 5.74) is 3.99. The molecule has 2 amide bonds. The van der Waals surface area contributed by atoms with Crippen LogP contribution in [0.25, 0.3) is 17.0 Å². The lowest BCUT2D eigenvalue weighted by Crippen LogP contribution is -2.27. The Morgan fingerprint density at radius 2 is 1.81 bits per heavy atom. The predicted molar refractivity (Wildman–Crippen MR) is 139 cm³/mol. The van der Waals surface area contributed by atoms with Crippen molar-refractivity contribution in [3.8, 4) is 0 Å². The van der Waals surface area contributed by atoms with Gasteiger partial charge in [0.05, 0.1) is 18.6 Å². The molecule has 0 radical (unpaired) electrons. The number of fused-ring (bicyclic) bond motifs is 1. The monoisotopic (exact) mass is 520 g/mol.